The van der Waals surface area contributed by atoms with Gasteiger partial charge in [-0.2, -0.15) is 5.10 Å². The van der Waals surface area contributed by atoms with Crippen LogP contribution in [-0.2, 0) is 21.2 Å². The van der Waals surface area contributed by atoms with Crippen LogP contribution in [0.15, 0.2) is 30.4 Å². The number of carbonyl (C=O) groups is 1. The van der Waals surface area contributed by atoms with Gasteiger partial charge in [-0.3, -0.25) is 9.48 Å². The third kappa shape index (κ3) is 3.75. The normalized spacial score (nSPS) is 26.3. The number of anilines is 1. The van der Waals surface area contributed by atoms with Crippen LogP contribution in [0.2, 0.25) is 0 Å². The number of carbonyl (C=O) groups excluding carboxylic acids is 1. The average molecular weight is 378 g/mol. The summed E-state index contributed by atoms with van der Waals surface area (Å²) in [7, 11) is 1.22. The van der Waals surface area contributed by atoms with E-state index in [1.807, 2.05) is 52.0 Å². The highest BCUT2D eigenvalue weighted by Gasteiger charge is 2.52. The number of aryl methyl sites for hydroxylation is 1. The van der Waals surface area contributed by atoms with Crippen molar-refractivity contribution in [1.29, 1.82) is 0 Å². The van der Waals surface area contributed by atoms with Crippen LogP contribution in [0.3, 0.4) is 0 Å². The van der Waals surface area contributed by atoms with Gasteiger partial charge in [0.2, 0.25) is 5.91 Å². The van der Waals surface area contributed by atoms with E-state index in [1.54, 1.807) is 17.8 Å². The van der Waals surface area contributed by atoms with Crippen molar-refractivity contribution in [2.75, 3.05) is 5.32 Å². The summed E-state index contributed by atoms with van der Waals surface area (Å²) < 4.78 is 13.6. The zero-order valence-corrected chi connectivity index (χ0v) is 16.6. The van der Waals surface area contributed by atoms with Crippen molar-refractivity contribution in [2.45, 2.75) is 50.7 Å². The maximum absolute atomic E-state index is 12.4. The van der Waals surface area contributed by atoms with E-state index >= 15 is 0 Å². The van der Waals surface area contributed by atoms with Crippen LogP contribution in [-0.4, -0.2) is 39.4 Å². The molecule has 0 spiro atoms. The molecule has 3 rings (SSSR count). The van der Waals surface area contributed by atoms with Gasteiger partial charge in [0.05, 0.1) is 22.2 Å². The first-order valence-electron chi connectivity index (χ1n) is 8.77. The average Bonchev–Trinajstić information content (AvgIpc) is 2.99. The topological polar surface area (TPSA) is 65.4 Å². The number of rotatable bonds is 4. The van der Waals surface area contributed by atoms with Crippen LogP contribution in [0.25, 0.3) is 0 Å². The molecular formula is C18H25BClN3O3. The Morgan fingerprint density at radius 2 is 1.88 bits per heavy atom. The molecule has 2 atom stereocenters. The third-order valence-corrected chi connectivity index (χ3v) is 5.72. The highest BCUT2D eigenvalue weighted by Crippen LogP contribution is 2.36. The SMILES string of the molecule is Cn1nc(B2OC(C)(C)C(C)(C)O2)cc1NC(=O)CC1C=CC=CC1Cl. The zero-order valence-electron chi connectivity index (χ0n) is 15.8. The van der Waals surface area contributed by atoms with Crippen LogP contribution < -0.4 is 10.9 Å². The predicted octanol–water partition coefficient (Wildman–Crippen LogP) is 2.40. The fraction of sp³-hybridized carbons (Fsp3) is 0.556. The second-order valence-corrected chi connectivity index (χ2v) is 8.30. The number of hydrogen-bond donors (Lipinski definition) is 1. The molecule has 1 aromatic heterocycles. The molecule has 2 heterocycles. The molecule has 0 saturated carbocycles. The van der Waals surface area contributed by atoms with Gasteiger partial charge < -0.3 is 14.6 Å². The number of nitrogens with one attached hydrogen (secondary N) is 1. The lowest BCUT2D eigenvalue weighted by atomic mass is 9.85. The molecule has 0 radical (unpaired) electrons. The molecular weight excluding hydrogens is 352 g/mol. The standard InChI is InChI=1S/C18H25BClN3O3/c1-17(2)18(3,4)26-19(25-17)14-11-15(23(5)22-14)21-16(24)10-12-8-6-7-9-13(12)20/h6-9,11-13H,10H2,1-5H3,(H,21,24). The quantitative estimate of drug-likeness (QED) is 0.646. The molecule has 140 valence electrons. The van der Waals surface area contributed by atoms with Gasteiger partial charge in [0.25, 0.3) is 0 Å². The van der Waals surface area contributed by atoms with E-state index in [2.05, 4.69) is 10.4 Å². The molecule has 0 bridgehead atoms. The zero-order chi connectivity index (χ0) is 19.1. The van der Waals surface area contributed by atoms with E-state index in [-0.39, 0.29) is 17.2 Å². The molecule has 0 aromatic carbocycles. The maximum Gasteiger partial charge on any atom is 0.516 e. The smallest absolute Gasteiger partial charge is 0.398 e. The van der Waals surface area contributed by atoms with Crippen molar-refractivity contribution in [3.8, 4) is 0 Å². The van der Waals surface area contributed by atoms with Gasteiger partial charge in [-0.05, 0) is 27.7 Å². The van der Waals surface area contributed by atoms with E-state index in [4.69, 9.17) is 20.9 Å². The summed E-state index contributed by atoms with van der Waals surface area (Å²) in [5, 5.41) is 7.17. The highest BCUT2D eigenvalue weighted by atomic mass is 35.5. The number of aromatic nitrogens is 2. The molecule has 8 heteroatoms. The number of nitrogens with zero attached hydrogens (tertiary/aromatic N) is 2. The number of alkyl halides is 1. The number of amides is 1. The Kier molecular flexibility index (Phi) is 5.07. The Balaban J connectivity index is 1.66. The monoisotopic (exact) mass is 377 g/mol. The van der Waals surface area contributed by atoms with Crippen molar-refractivity contribution in [3.63, 3.8) is 0 Å². The van der Waals surface area contributed by atoms with Crippen molar-refractivity contribution in [3.05, 3.63) is 30.4 Å². The molecule has 1 aliphatic carbocycles. The lowest BCUT2D eigenvalue weighted by Gasteiger charge is -2.32. The van der Waals surface area contributed by atoms with Crippen LogP contribution in [0.4, 0.5) is 5.82 Å². The lowest BCUT2D eigenvalue weighted by Crippen LogP contribution is -2.41. The molecule has 1 saturated heterocycles. The van der Waals surface area contributed by atoms with Gasteiger partial charge in [-0.25, -0.2) is 0 Å². The second kappa shape index (κ2) is 6.87. The van der Waals surface area contributed by atoms with Crippen molar-refractivity contribution >= 4 is 36.0 Å². The van der Waals surface area contributed by atoms with Gasteiger partial charge in [0, 0.05) is 25.5 Å². The third-order valence-electron chi connectivity index (χ3n) is 5.26. The van der Waals surface area contributed by atoms with Gasteiger partial charge in [0.15, 0.2) is 0 Å². The van der Waals surface area contributed by atoms with Gasteiger partial charge >= 0.3 is 7.12 Å². The number of hydrogen-bond acceptors (Lipinski definition) is 4. The largest absolute Gasteiger partial charge is 0.516 e. The summed E-state index contributed by atoms with van der Waals surface area (Å²) in [5.41, 5.74) is -0.235. The fourth-order valence-electron chi connectivity index (χ4n) is 2.90. The number of allylic oxidation sites excluding steroid dienone is 4. The Morgan fingerprint density at radius 3 is 2.50 bits per heavy atom. The molecule has 1 N–H and O–H groups in total. The maximum atomic E-state index is 12.4. The molecule has 1 amide bonds. The Bertz CT molecular complexity index is 741. The molecule has 26 heavy (non-hydrogen) atoms. The molecule has 2 unspecified atom stereocenters. The predicted molar refractivity (Wildman–Crippen MR) is 104 cm³/mol. The van der Waals surface area contributed by atoms with Gasteiger partial charge in [0.1, 0.15) is 5.82 Å². The highest BCUT2D eigenvalue weighted by molar-refractivity contribution is 6.61. The first kappa shape index (κ1) is 19.2. The molecule has 1 fully saturated rings. The molecule has 2 aliphatic rings. The van der Waals surface area contributed by atoms with Crippen LogP contribution in [0, 0.1) is 5.92 Å². The first-order valence-corrected chi connectivity index (χ1v) is 9.21. The Hall–Kier alpha value is -1.57. The summed E-state index contributed by atoms with van der Waals surface area (Å²) in [6.45, 7) is 7.97. The second-order valence-electron chi connectivity index (χ2n) is 7.80. The summed E-state index contributed by atoms with van der Waals surface area (Å²) in [4.78, 5) is 12.4. The van der Waals surface area contributed by atoms with Crippen LogP contribution in [0.1, 0.15) is 34.1 Å². The van der Waals surface area contributed by atoms with Crippen molar-refractivity contribution < 1.29 is 14.1 Å². The van der Waals surface area contributed by atoms with Gasteiger partial charge in [-0.1, -0.05) is 24.3 Å². The first-order chi connectivity index (χ1) is 12.1. The minimum atomic E-state index is -0.560. The summed E-state index contributed by atoms with van der Waals surface area (Å²) >= 11 is 6.24. The Morgan fingerprint density at radius 1 is 1.27 bits per heavy atom. The van der Waals surface area contributed by atoms with Gasteiger partial charge in [-0.15, -0.1) is 11.6 Å². The fourth-order valence-corrected chi connectivity index (χ4v) is 3.16. The molecule has 6 nitrogen and oxygen atoms in total. The molecule has 1 aliphatic heterocycles. The van der Waals surface area contributed by atoms with Crippen LogP contribution in [0.5, 0.6) is 0 Å². The van der Waals surface area contributed by atoms with Crippen molar-refractivity contribution in [2.24, 2.45) is 13.0 Å². The Labute approximate surface area is 159 Å². The summed E-state index contributed by atoms with van der Waals surface area (Å²) in [5.74, 6) is 0.475. The lowest BCUT2D eigenvalue weighted by molar-refractivity contribution is -0.116. The summed E-state index contributed by atoms with van der Waals surface area (Å²) in [6.07, 6.45) is 7.96. The van der Waals surface area contributed by atoms with E-state index in [9.17, 15) is 4.79 Å². The van der Waals surface area contributed by atoms with E-state index in [0.717, 1.165) is 0 Å². The van der Waals surface area contributed by atoms with Crippen LogP contribution >= 0.6 is 11.6 Å². The molecule has 1 aromatic rings. The number of halogens is 1. The van der Waals surface area contributed by atoms with E-state index in [0.29, 0.717) is 17.8 Å². The minimum absolute atomic E-state index is 0.0162. The van der Waals surface area contributed by atoms with Crippen molar-refractivity contribution in [1.82, 2.24) is 9.78 Å². The van der Waals surface area contributed by atoms with E-state index in [1.165, 1.54) is 0 Å². The van der Waals surface area contributed by atoms with E-state index < -0.39 is 18.3 Å². The summed E-state index contributed by atoms with van der Waals surface area (Å²) in [6, 6.07) is 1.79. The minimum Gasteiger partial charge on any atom is -0.398 e.